The number of benzene rings is 2. The topological polar surface area (TPSA) is 131 Å². The van der Waals surface area contributed by atoms with Crippen LogP contribution in [-0.2, 0) is 31.0 Å². The van der Waals surface area contributed by atoms with Gasteiger partial charge in [0.25, 0.3) is 0 Å². The number of likely N-dealkylation sites (N-methyl/N-ethyl adjacent to an activating group) is 1. The highest BCUT2D eigenvalue weighted by Crippen LogP contribution is 2.46. The minimum atomic E-state index is -3.83. The molecule has 0 unspecified atom stereocenters. The largest absolute Gasteiger partial charge is 0.374 e. The first kappa shape index (κ1) is 32.3. The molecule has 228 valence electrons. The summed E-state index contributed by atoms with van der Waals surface area (Å²) in [7, 11) is -3.83. The normalized spacial score (nSPS) is 18.6. The van der Waals surface area contributed by atoms with Gasteiger partial charge < -0.3 is 20.7 Å². The molecule has 11 heteroatoms. The number of sulfonamides is 1. The van der Waals surface area contributed by atoms with Gasteiger partial charge in [0.05, 0.1) is 29.2 Å². The van der Waals surface area contributed by atoms with Crippen LogP contribution < -0.4 is 15.8 Å². The van der Waals surface area contributed by atoms with Crippen molar-refractivity contribution >= 4 is 42.7 Å². The summed E-state index contributed by atoms with van der Waals surface area (Å²) in [6.45, 7) is 5.61. The molecule has 4 N–H and O–H groups in total. The lowest BCUT2D eigenvalue weighted by Crippen LogP contribution is -2.58. The van der Waals surface area contributed by atoms with Crippen LogP contribution >= 0.6 is 15.9 Å². The van der Waals surface area contributed by atoms with Gasteiger partial charge in [0.2, 0.25) is 21.8 Å². The van der Waals surface area contributed by atoms with E-state index in [0.29, 0.717) is 30.5 Å². The smallest absolute Gasteiger partial charge is 0.247 e. The van der Waals surface area contributed by atoms with Gasteiger partial charge in [-0.25, -0.2) is 13.1 Å². The second-order valence-electron chi connectivity index (χ2n) is 11.7. The van der Waals surface area contributed by atoms with Crippen LogP contribution in [0, 0.1) is 0 Å². The fourth-order valence-corrected chi connectivity index (χ4v) is 7.85. The van der Waals surface area contributed by atoms with Crippen LogP contribution in [0.3, 0.4) is 0 Å². The number of carbonyl (C=O) groups excluding carboxylic acids is 2. The molecule has 4 rings (SSSR count). The Bertz CT molecular complexity index is 1400. The Morgan fingerprint density at radius 2 is 1.74 bits per heavy atom. The Balaban J connectivity index is 1.67. The van der Waals surface area contributed by atoms with Crippen LogP contribution in [0.4, 0.5) is 0 Å². The average Bonchev–Trinajstić information content (AvgIpc) is 3.16. The monoisotopic (exact) mass is 660 g/mol. The van der Waals surface area contributed by atoms with E-state index in [2.05, 4.69) is 26.0 Å². The summed E-state index contributed by atoms with van der Waals surface area (Å²) in [5.41, 5.74) is 6.28. The summed E-state index contributed by atoms with van der Waals surface area (Å²) in [5.74, 6) is -0.843. The number of rotatable bonds is 11. The molecule has 2 aromatic rings. The third-order valence-electron chi connectivity index (χ3n) is 7.89. The van der Waals surface area contributed by atoms with Crippen molar-refractivity contribution in [3.63, 3.8) is 0 Å². The molecular formula is C31H41BrN4O5S. The molecule has 1 fully saturated rings. The van der Waals surface area contributed by atoms with Gasteiger partial charge in [-0.15, -0.1) is 0 Å². The summed E-state index contributed by atoms with van der Waals surface area (Å²) in [5, 5.41) is 2.78. The summed E-state index contributed by atoms with van der Waals surface area (Å²) < 4.78 is 37.1. The molecule has 42 heavy (non-hydrogen) atoms. The van der Waals surface area contributed by atoms with Gasteiger partial charge >= 0.3 is 0 Å². The van der Waals surface area contributed by atoms with Crippen LogP contribution in [0.25, 0.3) is 4.91 Å². The molecule has 0 bridgehead atoms. The van der Waals surface area contributed by atoms with E-state index in [9.17, 15) is 18.0 Å². The number of amides is 2. The molecule has 1 aliphatic heterocycles. The van der Waals surface area contributed by atoms with Gasteiger partial charge in [0.1, 0.15) is 6.04 Å². The highest BCUT2D eigenvalue weighted by atomic mass is 79.9. The van der Waals surface area contributed by atoms with E-state index in [0.717, 1.165) is 29.3 Å². The zero-order valence-corrected chi connectivity index (χ0v) is 26.9. The van der Waals surface area contributed by atoms with Crippen molar-refractivity contribution in [1.29, 1.82) is 0 Å². The Labute approximate surface area is 257 Å². The first-order valence-corrected chi connectivity index (χ1v) is 16.7. The van der Waals surface area contributed by atoms with Crippen molar-refractivity contribution < 1.29 is 22.7 Å². The molecule has 2 aliphatic rings. The molecule has 2 aromatic carbocycles. The van der Waals surface area contributed by atoms with Crippen molar-refractivity contribution in [2.45, 2.75) is 76.6 Å². The summed E-state index contributed by atoms with van der Waals surface area (Å²) in [6, 6.07) is 15.7. The van der Waals surface area contributed by atoms with Crippen molar-refractivity contribution in [2.24, 2.45) is 5.73 Å². The van der Waals surface area contributed by atoms with Gasteiger partial charge in [0, 0.05) is 17.6 Å². The van der Waals surface area contributed by atoms with Crippen LogP contribution in [0.5, 0.6) is 0 Å². The Morgan fingerprint density at radius 1 is 1.10 bits per heavy atom. The molecule has 1 spiro atoms. The van der Waals surface area contributed by atoms with Crippen LogP contribution in [0.15, 0.2) is 64.6 Å². The Hall–Kier alpha value is -2.57. The van der Waals surface area contributed by atoms with Crippen molar-refractivity contribution in [3.8, 4) is 0 Å². The maximum atomic E-state index is 14.1. The number of nitrogens with two attached hydrogens (primary N) is 1. The van der Waals surface area contributed by atoms with Crippen LogP contribution in [0.2, 0.25) is 0 Å². The highest BCUT2D eigenvalue weighted by molar-refractivity contribution is 9.10. The highest BCUT2D eigenvalue weighted by Gasteiger charge is 2.50. The number of halogens is 1. The third kappa shape index (κ3) is 7.49. The second kappa shape index (κ2) is 13.4. The standard InChI is InChI=1S/C31H41BrN4O5S/c1-4-36(28(37)26(34-29(38)30(2,3)33)21-41-20-22-11-7-5-8-12-22)19-25-27(23-13-15-24(32)16-14-23)42(39,40)35-31(25)17-9-6-10-18-31/h5,7-8,11-16,26,35H,4,6,9-10,17-21,33H2,1-3H3,(H,34,38)/t26-/m1/s1. The van der Waals surface area contributed by atoms with Gasteiger partial charge in [-0.1, -0.05) is 77.7 Å². The lowest BCUT2D eigenvalue weighted by molar-refractivity contribution is -0.139. The first-order valence-electron chi connectivity index (χ1n) is 14.4. The molecule has 1 aliphatic carbocycles. The van der Waals surface area contributed by atoms with Crippen LogP contribution in [0.1, 0.15) is 64.0 Å². The van der Waals surface area contributed by atoms with Gasteiger partial charge in [0.15, 0.2) is 0 Å². The quantitative estimate of drug-likeness (QED) is 0.333. The molecule has 2 amide bonds. The van der Waals surface area contributed by atoms with E-state index < -0.39 is 33.1 Å². The van der Waals surface area contributed by atoms with E-state index >= 15 is 0 Å². The van der Waals surface area contributed by atoms with Crippen molar-refractivity contribution in [1.82, 2.24) is 14.9 Å². The third-order valence-corrected chi connectivity index (χ3v) is 10.1. The number of carbonyl (C=O) groups is 2. The zero-order valence-electron chi connectivity index (χ0n) is 24.5. The van der Waals surface area contributed by atoms with Crippen LogP contribution in [-0.4, -0.2) is 61.9 Å². The predicted molar refractivity (Wildman–Crippen MR) is 167 cm³/mol. The van der Waals surface area contributed by atoms with E-state index in [1.54, 1.807) is 30.9 Å². The molecule has 9 nitrogen and oxygen atoms in total. The molecular weight excluding hydrogens is 620 g/mol. The summed E-state index contributed by atoms with van der Waals surface area (Å²) >= 11 is 3.43. The second-order valence-corrected chi connectivity index (χ2v) is 14.2. The zero-order chi connectivity index (χ0) is 30.5. The van der Waals surface area contributed by atoms with Gasteiger partial charge in [-0.3, -0.25) is 9.59 Å². The van der Waals surface area contributed by atoms with Crippen molar-refractivity contribution in [3.05, 3.63) is 75.8 Å². The molecule has 1 heterocycles. The van der Waals surface area contributed by atoms with E-state index in [4.69, 9.17) is 10.5 Å². The van der Waals surface area contributed by atoms with Gasteiger partial charge in [-0.2, -0.15) is 0 Å². The summed E-state index contributed by atoms with van der Waals surface area (Å²) in [6.07, 6.45) is 4.13. The summed E-state index contributed by atoms with van der Waals surface area (Å²) in [4.78, 5) is 28.8. The lowest BCUT2D eigenvalue weighted by atomic mass is 9.76. The molecule has 0 saturated heterocycles. The fraction of sp³-hybridized carbons (Fsp3) is 0.484. The SMILES string of the molecule is CCN(CC1=C(c2ccc(Br)cc2)S(=O)(=O)NC12CCCCC2)C(=O)[C@@H](COCc1ccccc1)NC(=O)C(C)(C)N. The molecule has 1 atom stereocenters. The van der Waals surface area contributed by atoms with E-state index in [1.165, 1.54) is 0 Å². The van der Waals surface area contributed by atoms with E-state index in [1.807, 2.05) is 49.4 Å². The maximum absolute atomic E-state index is 14.1. The lowest BCUT2D eigenvalue weighted by Gasteiger charge is -2.38. The predicted octanol–water partition coefficient (Wildman–Crippen LogP) is 4.08. The maximum Gasteiger partial charge on any atom is 0.247 e. The molecule has 0 radical (unpaired) electrons. The number of hydrogen-bond acceptors (Lipinski definition) is 6. The molecule has 0 aromatic heterocycles. The average molecular weight is 662 g/mol. The Morgan fingerprint density at radius 3 is 2.33 bits per heavy atom. The Kier molecular flexibility index (Phi) is 10.3. The van der Waals surface area contributed by atoms with Gasteiger partial charge in [-0.05, 0) is 62.4 Å². The minimum absolute atomic E-state index is 0.0631. The number of nitrogens with one attached hydrogen (secondary N) is 2. The minimum Gasteiger partial charge on any atom is -0.374 e. The van der Waals surface area contributed by atoms with Crippen molar-refractivity contribution in [2.75, 3.05) is 19.7 Å². The number of ether oxygens (including phenoxy) is 1. The molecule has 1 saturated carbocycles. The fourth-order valence-electron chi connectivity index (χ4n) is 5.61. The first-order chi connectivity index (χ1) is 19.9. The number of hydrogen-bond donors (Lipinski definition) is 3. The number of nitrogens with zero attached hydrogens (tertiary/aromatic N) is 1. The van der Waals surface area contributed by atoms with E-state index in [-0.39, 0.29) is 30.6 Å².